The van der Waals surface area contributed by atoms with Crippen LogP contribution >= 0.6 is 0 Å². The number of hydrogen-bond acceptors (Lipinski definition) is 5. The molecule has 0 saturated carbocycles. The van der Waals surface area contributed by atoms with Crippen molar-refractivity contribution in [1.29, 1.82) is 0 Å². The van der Waals surface area contributed by atoms with E-state index in [1.165, 1.54) is 0 Å². The van der Waals surface area contributed by atoms with Gasteiger partial charge in [0.25, 0.3) is 0 Å². The van der Waals surface area contributed by atoms with Gasteiger partial charge in [0.1, 0.15) is 5.69 Å². The molecule has 2 rings (SSSR count). The highest BCUT2D eigenvalue weighted by atomic mass is 16.5. The lowest BCUT2D eigenvalue weighted by atomic mass is 10.3. The Balaban J connectivity index is 2.15. The normalized spacial score (nSPS) is 10.6. The predicted octanol–water partition coefficient (Wildman–Crippen LogP) is 1.11. The van der Waals surface area contributed by atoms with Crippen LogP contribution in [0.1, 0.15) is 11.4 Å². The van der Waals surface area contributed by atoms with Crippen molar-refractivity contribution < 1.29 is 9.47 Å². The maximum atomic E-state index is 5.38. The van der Waals surface area contributed by atoms with Gasteiger partial charge in [-0.05, 0) is 7.05 Å². The van der Waals surface area contributed by atoms with E-state index in [-0.39, 0.29) is 0 Å². The molecule has 0 saturated heterocycles. The highest BCUT2D eigenvalue weighted by Crippen LogP contribution is 2.29. The molecule has 2 aromatic rings. The second-order valence-electron chi connectivity index (χ2n) is 4.38. The monoisotopic (exact) mass is 276 g/mol. The lowest BCUT2D eigenvalue weighted by Crippen LogP contribution is -2.10. The van der Waals surface area contributed by atoms with Crippen LogP contribution in [0.2, 0.25) is 0 Å². The average molecular weight is 276 g/mol. The highest BCUT2D eigenvalue weighted by molar-refractivity contribution is 5.42. The predicted molar refractivity (Wildman–Crippen MR) is 76.3 cm³/mol. The third kappa shape index (κ3) is 3.27. The van der Waals surface area contributed by atoms with Crippen LogP contribution in [-0.4, -0.2) is 42.3 Å². The third-order valence-corrected chi connectivity index (χ3v) is 3.02. The third-order valence-electron chi connectivity index (χ3n) is 3.02. The molecule has 0 radical (unpaired) electrons. The SMILES string of the molecule is CNCCc1cn(Cc2nccc(OC)c2OC)cn1. The summed E-state index contributed by atoms with van der Waals surface area (Å²) in [5, 5.41) is 3.11. The number of aromatic nitrogens is 3. The minimum atomic E-state index is 0.604. The van der Waals surface area contributed by atoms with Gasteiger partial charge in [-0.2, -0.15) is 0 Å². The Labute approximate surface area is 118 Å². The number of hydrogen-bond donors (Lipinski definition) is 1. The van der Waals surface area contributed by atoms with Crippen molar-refractivity contribution in [3.05, 3.63) is 36.2 Å². The van der Waals surface area contributed by atoms with Crippen LogP contribution in [0.3, 0.4) is 0 Å². The van der Waals surface area contributed by atoms with Crippen molar-refractivity contribution in [1.82, 2.24) is 19.9 Å². The molecule has 2 heterocycles. The van der Waals surface area contributed by atoms with Crippen LogP contribution in [0.5, 0.6) is 11.5 Å². The molecular weight excluding hydrogens is 256 g/mol. The zero-order valence-corrected chi connectivity index (χ0v) is 12.1. The summed E-state index contributed by atoms with van der Waals surface area (Å²) in [7, 11) is 5.17. The Kier molecular flexibility index (Phi) is 4.95. The van der Waals surface area contributed by atoms with E-state index < -0.39 is 0 Å². The first-order valence-corrected chi connectivity index (χ1v) is 6.49. The molecule has 0 fully saturated rings. The number of ether oxygens (including phenoxy) is 2. The van der Waals surface area contributed by atoms with Crippen LogP contribution in [0, 0.1) is 0 Å². The Bertz CT molecular complexity index is 554. The first-order chi connectivity index (χ1) is 9.78. The lowest BCUT2D eigenvalue weighted by Gasteiger charge is -2.11. The molecule has 0 aliphatic heterocycles. The van der Waals surface area contributed by atoms with Crippen molar-refractivity contribution >= 4 is 0 Å². The average Bonchev–Trinajstić information content (AvgIpc) is 2.92. The quantitative estimate of drug-likeness (QED) is 0.820. The number of nitrogens with zero attached hydrogens (tertiary/aromatic N) is 3. The van der Waals surface area contributed by atoms with Crippen LogP contribution in [0.15, 0.2) is 24.8 Å². The molecule has 0 amide bonds. The second kappa shape index (κ2) is 6.91. The number of pyridine rings is 1. The number of rotatable bonds is 7. The van der Waals surface area contributed by atoms with E-state index in [4.69, 9.17) is 9.47 Å². The summed E-state index contributed by atoms with van der Waals surface area (Å²) in [5.41, 5.74) is 1.88. The zero-order valence-electron chi connectivity index (χ0n) is 12.1. The Morgan fingerprint density at radius 1 is 1.25 bits per heavy atom. The first-order valence-electron chi connectivity index (χ1n) is 6.49. The molecule has 0 spiro atoms. The Hall–Kier alpha value is -2.08. The molecule has 108 valence electrons. The van der Waals surface area contributed by atoms with E-state index in [0.717, 1.165) is 24.4 Å². The van der Waals surface area contributed by atoms with Crippen molar-refractivity contribution in [3.8, 4) is 11.5 Å². The van der Waals surface area contributed by atoms with Crippen LogP contribution in [0.4, 0.5) is 0 Å². The van der Waals surface area contributed by atoms with Crippen LogP contribution in [-0.2, 0) is 13.0 Å². The van der Waals surface area contributed by atoms with E-state index in [9.17, 15) is 0 Å². The van der Waals surface area contributed by atoms with Gasteiger partial charge in [-0.3, -0.25) is 4.98 Å². The molecule has 0 bridgehead atoms. The highest BCUT2D eigenvalue weighted by Gasteiger charge is 2.11. The maximum absolute atomic E-state index is 5.38. The molecule has 0 unspecified atom stereocenters. The van der Waals surface area contributed by atoms with Gasteiger partial charge in [0.15, 0.2) is 11.5 Å². The van der Waals surface area contributed by atoms with Crippen molar-refractivity contribution in [3.63, 3.8) is 0 Å². The van der Waals surface area contributed by atoms with E-state index in [0.29, 0.717) is 18.0 Å². The van der Waals surface area contributed by atoms with Gasteiger partial charge < -0.3 is 19.4 Å². The summed E-state index contributed by atoms with van der Waals surface area (Å²) < 4.78 is 12.7. The smallest absolute Gasteiger partial charge is 0.184 e. The minimum Gasteiger partial charge on any atom is -0.493 e. The van der Waals surface area contributed by atoms with Gasteiger partial charge >= 0.3 is 0 Å². The van der Waals surface area contributed by atoms with E-state index in [2.05, 4.69) is 15.3 Å². The van der Waals surface area contributed by atoms with Crippen molar-refractivity contribution in [2.24, 2.45) is 0 Å². The fraction of sp³-hybridized carbons (Fsp3) is 0.429. The summed E-state index contributed by atoms with van der Waals surface area (Å²) in [6, 6.07) is 1.79. The van der Waals surface area contributed by atoms with Gasteiger partial charge in [-0.15, -0.1) is 0 Å². The Morgan fingerprint density at radius 2 is 2.10 bits per heavy atom. The topological polar surface area (TPSA) is 61.2 Å². The number of imidazole rings is 1. The molecule has 6 nitrogen and oxygen atoms in total. The summed E-state index contributed by atoms with van der Waals surface area (Å²) in [5.74, 6) is 1.36. The van der Waals surface area contributed by atoms with Crippen LogP contribution in [0.25, 0.3) is 0 Å². The number of likely N-dealkylation sites (N-methyl/N-ethyl adjacent to an activating group) is 1. The van der Waals surface area contributed by atoms with Gasteiger partial charge in [0.2, 0.25) is 0 Å². The summed E-state index contributed by atoms with van der Waals surface area (Å²) in [6.45, 7) is 1.52. The molecule has 0 atom stereocenters. The van der Waals surface area contributed by atoms with Crippen molar-refractivity contribution in [2.75, 3.05) is 27.8 Å². The maximum Gasteiger partial charge on any atom is 0.184 e. The van der Waals surface area contributed by atoms with Crippen LogP contribution < -0.4 is 14.8 Å². The Morgan fingerprint density at radius 3 is 2.80 bits per heavy atom. The van der Waals surface area contributed by atoms with Gasteiger partial charge in [-0.25, -0.2) is 4.98 Å². The molecule has 6 heteroatoms. The van der Waals surface area contributed by atoms with Gasteiger partial charge in [0, 0.05) is 31.4 Å². The zero-order chi connectivity index (χ0) is 14.4. The number of methoxy groups -OCH3 is 2. The minimum absolute atomic E-state index is 0.604. The number of nitrogens with one attached hydrogen (secondary N) is 1. The van der Waals surface area contributed by atoms with Gasteiger partial charge in [0.05, 0.1) is 32.8 Å². The van der Waals surface area contributed by atoms with E-state index in [1.54, 1.807) is 26.5 Å². The molecule has 0 aromatic carbocycles. The standard InChI is InChI=1S/C14H20N4O2/c1-15-6-4-11-8-18(10-17-11)9-12-14(20-3)13(19-2)5-7-16-12/h5,7-8,10,15H,4,6,9H2,1-3H3. The molecule has 1 N–H and O–H groups in total. The molecule has 2 aromatic heterocycles. The largest absolute Gasteiger partial charge is 0.493 e. The molecular formula is C14H20N4O2. The lowest BCUT2D eigenvalue weighted by molar-refractivity contribution is 0.348. The molecule has 0 aliphatic carbocycles. The summed E-state index contributed by atoms with van der Waals surface area (Å²) in [4.78, 5) is 8.73. The van der Waals surface area contributed by atoms with E-state index >= 15 is 0 Å². The van der Waals surface area contributed by atoms with Crippen molar-refractivity contribution in [2.45, 2.75) is 13.0 Å². The summed E-state index contributed by atoms with van der Waals surface area (Å²) in [6.07, 6.45) is 6.46. The van der Waals surface area contributed by atoms with Gasteiger partial charge in [-0.1, -0.05) is 0 Å². The summed E-state index contributed by atoms with van der Waals surface area (Å²) >= 11 is 0. The van der Waals surface area contributed by atoms with E-state index in [1.807, 2.05) is 24.1 Å². The molecule has 20 heavy (non-hydrogen) atoms. The first kappa shape index (κ1) is 14.3. The fourth-order valence-electron chi connectivity index (χ4n) is 2.01. The molecule has 0 aliphatic rings. The second-order valence-corrected chi connectivity index (χ2v) is 4.38. The fourth-order valence-corrected chi connectivity index (χ4v) is 2.01.